The highest BCUT2D eigenvalue weighted by Gasteiger charge is 2.40. The van der Waals surface area contributed by atoms with E-state index in [1.165, 1.54) is 27.3 Å². The second kappa shape index (κ2) is 11.6. The predicted molar refractivity (Wildman–Crippen MR) is 220 cm³/mol. The van der Waals surface area contributed by atoms with E-state index in [4.69, 9.17) is 8.83 Å². The van der Waals surface area contributed by atoms with E-state index in [0.717, 1.165) is 22.9 Å². The highest BCUT2D eigenvalue weighted by Crippen LogP contribution is 2.49. The van der Waals surface area contributed by atoms with Crippen LogP contribution in [0.3, 0.4) is 0 Å². The van der Waals surface area contributed by atoms with Gasteiger partial charge in [0.05, 0.1) is 39.0 Å². The number of hydrogen-bond donors (Lipinski definition) is 0. The van der Waals surface area contributed by atoms with Crippen molar-refractivity contribution in [3.63, 3.8) is 0 Å². The first-order valence-corrected chi connectivity index (χ1v) is 18.6. The fraction of sp³-hybridized carbons (Fsp3) is 0.0204. The number of halogens is 5. The van der Waals surface area contributed by atoms with Gasteiger partial charge in [0, 0.05) is 43.1 Å². The molecule has 4 heterocycles. The van der Waals surface area contributed by atoms with Gasteiger partial charge in [0.2, 0.25) is 0 Å². The maximum absolute atomic E-state index is 16.5. The lowest BCUT2D eigenvalue weighted by Gasteiger charge is -2.23. The van der Waals surface area contributed by atoms with Crippen molar-refractivity contribution >= 4 is 87.5 Å². The summed E-state index contributed by atoms with van der Waals surface area (Å²) < 4.78 is 97.6. The number of nitrogens with zero attached hydrogens (tertiary/aromatic N) is 2. The Morgan fingerprint density at radius 2 is 0.828 bits per heavy atom. The predicted octanol–water partition coefficient (Wildman–Crippen LogP) is 14.6. The molecule has 0 aliphatic heterocycles. The molecule has 0 radical (unpaired) electrons. The van der Waals surface area contributed by atoms with Crippen molar-refractivity contribution in [2.45, 2.75) is 6.18 Å². The van der Waals surface area contributed by atoms with E-state index in [0.29, 0.717) is 76.7 Å². The third kappa shape index (κ3) is 4.38. The second-order valence-electron chi connectivity index (χ2n) is 14.6. The highest BCUT2D eigenvalue weighted by molar-refractivity contribution is 6.23. The van der Waals surface area contributed by atoms with Crippen LogP contribution in [0.15, 0.2) is 160 Å². The van der Waals surface area contributed by atoms with Crippen LogP contribution >= 0.6 is 0 Å². The number of aromatic nitrogens is 2. The molecule has 12 aromatic rings. The molecule has 0 spiro atoms. The Morgan fingerprint density at radius 1 is 0.414 bits per heavy atom. The molecule has 0 aliphatic rings. The smallest absolute Gasteiger partial charge is 0.420 e. The summed E-state index contributed by atoms with van der Waals surface area (Å²) in [7, 11) is 0. The molecule has 0 saturated carbocycles. The molecule has 0 bridgehead atoms. The van der Waals surface area contributed by atoms with Crippen LogP contribution in [-0.4, -0.2) is 9.13 Å². The van der Waals surface area contributed by atoms with Gasteiger partial charge in [0.15, 0.2) is 11.2 Å². The first kappa shape index (κ1) is 32.8. The number of hydrogen-bond acceptors (Lipinski definition) is 2. The first-order valence-electron chi connectivity index (χ1n) is 18.6. The number of furan rings is 2. The molecule has 0 fully saturated rings. The molecule has 0 N–H and O–H groups in total. The number of para-hydroxylation sites is 4. The summed E-state index contributed by atoms with van der Waals surface area (Å²) in [4.78, 5) is 0. The third-order valence-corrected chi connectivity index (χ3v) is 11.5. The summed E-state index contributed by atoms with van der Waals surface area (Å²) in [5.74, 6) is -1.83. The third-order valence-electron chi connectivity index (χ3n) is 11.5. The maximum Gasteiger partial charge on any atom is 0.420 e. The van der Waals surface area contributed by atoms with Crippen LogP contribution in [0.1, 0.15) is 5.56 Å². The lowest BCUT2D eigenvalue weighted by atomic mass is 9.98. The molecule has 4 aromatic heterocycles. The van der Waals surface area contributed by atoms with Crippen molar-refractivity contribution in [1.82, 2.24) is 9.13 Å². The molecule has 278 valence electrons. The van der Waals surface area contributed by atoms with Crippen LogP contribution < -0.4 is 0 Å². The van der Waals surface area contributed by atoms with Gasteiger partial charge in [-0.3, -0.25) is 0 Å². The van der Waals surface area contributed by atoms with E-state index < -0.39 is 28.9 Å². The SMILES string of the molecule is Fc1cccc(F)c1-c1cc(-n2c3ccccc3c3ccc4c5ccccc5oc4c32)c(C(F)(F)F)c(-n2c3ccccc3c3ccc4c5ccccc5oc4c32)c1. The Balaban J connectivity index is 1.34. The molecule has 58 heavy (non-hydrogen) atoms. The Bertz CT molecular complexity index is 3480. The van der Waals surface area contributed by atoms with E-state index in [1.807, 2.05) is 97.1 Å². The van der Waals surface area contributed by atoms with Crippen LogP contribution in [0.4, 0.5) is 22.0 Å². The van der Waals surface area contributed by atoms with Gasteiger partial charge in [0.25, 0.3) is 0 Å². The largest absolute Gasteiger partial charge is 0.454 e. The zero-order valence-electron chi connectivity index (χ0n) is 30.0. The van der Waals surface area contributed by atoms with E-state index >= 15 is 22.0 Å². The topological polar surface area (TPSA) is 36.1 Å². The zero-order valence-corrected chi connectivity index (χ0v) is 30.0. The van der Waals surface area contributed by atoms with Crippen molar-refractivity contribution in [3.05, 3.63) is 169 Å². The van der Waals surface area contributed by atoms with Crippen LogP contribution in [0, 0.1) is 11.6 Å². The number of benzene rings is 8. The van der Waals surface area contributed by atoms with Crippen LogP contribution in [0.5, 0.6) is 0 Å². The van der Waals surface area contributed by atoms with Gasteiger partial charge in [-0.2, -0.15) is 13.2 Å². The molecular formula is C49H25F5N2O2. The summed E-state index contributed by atoms with van der Waals surface area (Å²) in [6.07, 6.45) is -5.00. The van der Waals surface area contributed by atoms with Crippen LogP contribution in [0.25, 0.3) is 110 Å². The second-order valence-corrected chi connectivity index (χ2v) is 14.6. The molecule has 9 heteroatoms. The molecule has 0 saturated heterocycles. The van der Waals surface area contributed by atoms with Gasteiger partial charge < -0.3 is 18.0 Å². The number of rotatable bonds is 3. The van der Waals surface area contributed by atoms with Crippen molar-refractivity contribution in [1.29, 1.82) is 0 Å². The van der Waals surface area contributed by atoms with Crippen molar-refractivity contribution in [2.75, 3.05) is 0 Å². The quantitative estimate of drug-likeness (QED) is 0.168. The maximum atomic E-state index is 16.5. The Hall–Kier alpha value is -7.39. The number of fused-ring (bicyclic) bond motifs is 14. The van der Waals surface area contributed by atoms with E-state index in [1.54, 1.807) is 24.3 Å². The molecule has 0 aliphatic carbocycles. The van der Waals surface area contributed by atoms with Gasteiger partial charge in [-0.05, 0) is 66.2 Å². The van der Waals surface area contributed by atoms with Gasteiger partial charge in [-0.1, -0.05) is 91.0 Å². The summed E-state index contributed by atoms with van der Waals surface area (Å²) >= 11 is 0. The Kier molecular flexibility index (Phi) is 6.55. The zero-order chi connectivity index (χ0) is 39.0. The summed E-state index contributed by atoms with van der Waals surface area (Å²) in [5.41, 5.74) is 1.38. The van der Waals surface area contributed by atoms with Gasteiger partial charge in [-0.15, -0.1) is 0 Å². The van der Waals surface area contributed by atoms with Gasteiger partial charge >= 0.3 is 6.18 Å². The molecule has 0 amide bonds. The standard InChI is InChI=1S/C49H25F5N2O2/c50-35-14-9-15-36(51)43(35)26-24-39(55-37-16-5-1-10-27(37)31-20-22-33-29-12-3-7-18-41(29)57-47(33)45(31)55)44(49(52,53)54)40(25-26)56-38-17-6-2-11-28(38)32-21-23-34-30-13-4-8-19-42(30)58-48(34)46(32)56/h1-25H. The van der Waals surface area contributed by atoms with Crippen molar-refractivity contribution in [2.24, 2.45) is 0 Å². The molecule has 4 nitrogen and oxygen atoms in total. The van der Waals surface area contributed by atoms with Crippen LogP contribution in [-0.2, 0) is 6.18 Å². The Morgan fingerprint density at radius 3 is 1.29 bits per heavy atom. The molecular weight excluding hydrogens is 744 g/mol. The summed E-state index contributed by atoms with van der Waals surface area (Å²) in [6, 6.07) is 42.8. The van der Waals surface area contributed by atoms with Gasteiger partial charge in [-0.25, -0.2) is 8.78 Å². The van der Waals surface area contributed by atoms with Crippen LogP contribution in [0.2, 0.25) is 0 Å². The lowest BCUT2D eigenvalue weighted by Crippen LogP contribution is -2.16. The minimum atomic E-state index is -5.00. The lowest BCUT2D eigenvalue weighted by molar-refractivity contribution is -0.137. The minimum absolute atomic E-state index is 0.0842. The van der Waals surface area contributed by atoms with Crippen molar-refractivity contribution in [3.8, 4) is 22.5 Å². The van der Waals surface area contributed by atoms with E-state index in [2.05, 4.69) is 0 Å². The molecule has 12 rings (SSSR count). The van der Waals surface area contributed by atoms with E-state index in [9.17, 15) is 0 Å². The number of alkyl halides is 3. The Labute approximate surface area is 324 Å². The molecule has 0 unspecified atom stereocenters. The fourth-order valence-corrected chi connectivity index (χ4v) is 9.14. The van der Waals surface area contributed by atoms with E-state index in [-0.39, 0.29) is 16.9 Å². The summed E-state index contributed by atoms with van der Waals surface area (Å²) in [5, 5.41) is 5.69. The monoisotopic (exact) mass is 768 g/mol. The summed E-state index contributed by atoms with van der Waals surface area (Å²) in [6.45, 7) is 0. The average Bonchev–Trinajstić information content (AvgIpc) is 3.98. The van der Waals surface area contributed by atoms with Gasteiger partial charge in [0.1, 0.15) is 28.4 Å². The first-order chi connectivity index (χ1) is 28.3. The normalized spacial score (nSPS) is 12.6. The highest BCUT2D eigenvalue weighted by atomic mass is 19.4. The molecule has 8 aromatic carbocycles. The van der Waals surface area contributed by atoms with Crippen molar-refractivity contribution < 1.29 is 30.8 Å². The molecule has 0 atom stereocenters. The average molecular weight is 769 g/mol. The fourth-order valence-electron chi connectivity index (χ4n) is 9.14. The minimum Gasteiger partial charge on any atom is -0.454 e.